The molecule has 1 heterocycles. The molecule has 1 N–H and O–H groups in total. The number of carbonyl (C=O) groups is 1. The minimum atomic E-state index is -3.54. The first-order chi connectivity index (χ1) is 12.6. The van der Waals surface area contributed by atoms with Gasteiger partial charge in [0.15, 0.2) is 6.10 Å². The van der Waals surface area contributed by atoms with Crippen LogP contribution in [0.15, 0.2) is 42.5 Å². The maximum absolute atomic E-state index is 12.7. The average molecular weight is 388 g/mol. The number of nitrogens with one attached hydrogen (secondary N) is 1. The number of sulfonamides is 1. The standard InChI is InChI=1S/C20H24N2O4S/c1-13(2)15-6-8-16(9-7-15)21-20(23)19-12-22(27(4,24)25)17-11-14(3)5-10-18(17)26-19/h5-11,13,19H,12H2,1-4H3,(H,21,23). The van der Waals surface area contributed by atoms with E-state index in [4.69, 9.17) is 4.74 Å². The Balaban J connectivity index is 1.82. The fourth-order valence-corrected chi connectivity index (χ4v) is 3.89. The van der Waals surface area contributed by atoms with Gasteiger partial charge < -0.3 is 10.1 Å². The molecule has 1 atom stereocenters. The Morgan fingerprint density at radius 3 is 2.44 bits per heavy atom. The number of hydrogen-bond acceptors (Lipinski definition) is 4. The molecule has 0 aromatic heterocycles. The first-order valence-corrected chi connectivity index (χ1v) is 10.7. The van der Waals surface area contributed by atoms with Gasteiger partial charge in [-0.2, -0.15) is 0 Å². The summed E-state index contributed by atoms with van der Waals surface area (Å²) in [6.07, 6.45) is 0.198. The zero-order valence-electron chi connectivity index (χ0n) is 15.9. The summed E-state index contributed by atoms with van der Waals surface area (Å²) in [6.45, 7) is 6.01. The molecule has 0 saturated carbocycles. The number of nitrogens with zero attached hydrogens (tertiary/aromatic N) is 1. The first-order valence-electron chi connectivity index (χ1n) is 8.81. The van der Waals surface area contributed by atoms with Crippen molar-refractivity contribution in [1.82, 2.24) is 0 Å². The summed E-state index contributed by atoms with van der Waals surface area (Å²) >= 11 is 0. The van der Waals surface area contributed by atoms with Gasteiger partial charge in [0.25, 0.3) is 5.91 Å². The largest absolute Gasteiger partial charge is 0.476 e. The van der Waals surface area contributed by atoms with Gasteiger partial charge in [-0.1, -0.05) is 32.0 Å². The van der Waals surface area contributed by atoms with E-state index in [1.807, 2.05) is 37.3 Å². The predicted octanol–water partition coefficient (Wildman–Crippen LogP) is 3.28. The van der Waals surface area contributed by atoms with Crippen LogP contribution in [0.1, 0.15) is 30.9 Å². The highest BCUT2D eigenvalue weighted by molar-refractivity contribution is 7.92. The van der Waals surface area contributed by atoms with E-state index in [2.05, 4.69) is 19.2 Å². The lowest BCUT2D eigenvalue weighted by molar-refractivity contribution is -0.122. The molecule has 144 valence electrons. The number of hydrogen-bond donors (Lipinski definition) is 1. The van der Waals surface area contributed by atoms with Crippen LogP contribution in [-0.2, 0) is 14.8 Å². The van der Waals surface area contributed by atoms with E-state index >= 15 is 0 Å². The van der Waals surface area contributed by atoms with Crippen LogP contribution >= 0.6 is 0 Å². The summed E-state index contributed by atoms with van der Waals surface area (Å²) < 4.78 is 31.5. The Hall–Kier alpha value is -2.54. The van der Waals surface area contributed by atoms with Crippen molar-refractivity contribution in [1.29, 1.82) is 0 Å². The van der Waals surface area contributed by atoms with Gasteiger partial charge in [0.1, 0.15) is 5.75 Å². The first kappa shape index (κ1) is 19.2. The second-order valence-electron chi connectivity index (χ2n) is 7.14. The van der Waals surface area contributed by atoms with Crippen molar-refractivity contribution in [3.05, 3.63) is 53.6 Å². The van der Waals surface area contributed by atoms with E-state index < -0.39 is 16.1 Å². The average Bonchev–Trinajstić information content (AvgIpc) is 2.60. The van der Waals surface area contributed by atoms with E-state index in [0.717, 1.165) is 11.8 Å². The lowest BCUT2D eigenvalue weighted by Gasteiger charge is -2.34. The van der Waals surface area contributed by atoms with Crippen LogP contribution in [0.4, 0.5) is 11.4 Å². The van der Waals surface area contributed by atoms with Crippen molar-refractivity contribution in [2.24, 2.45) is 0 Å². The third-order valence-electron chi connectivity index (χ3n) is 4.52. The fourth-order valence-electron chi connectivity index (χ4n) is 2.99. The highest BCUT2D eigenvalue weighted by Gasteiger charge is 2.35. The Bertz CT molecular complexity index is 952. The van der Waals surface area contributed by atoms with E-state index in [9.17, 15) is 13.2 Å². The normalized spacial score (nSPS) is 16.6. The minimum Gasteiger partial charge on any atom is -0.476 e. The highest BCUT2D eigenvalue weighted by Crippen LogP contribution is 2.36. The molecular formula is C20H24N2O4S. The Morgan fingerprint density at radius 2 is 1.85 bits per heavy atom. The van der Waals surface area contributed by atoms with E-state index in [-0.39, 0.29) is 12.5 Å². The number of aryl methyl sites for hydroxylation is 1. The van der Waals surface area contributed by atoms with Gasteiger partial charge in [-0.15, -0.1) is 0 Å². The highest BCUT2D eigenvalue weighted by atomic mass is 32.2. The number of carbonyl (C=O) groups excluding carboxylic acids is 1. The number of fused-ring (bicyclic) bond motifs is 1. The Labute approximate surface area is 160 Å². The Morgan fingerprint density at radius 1 is 1.19 bits per heavy atom. The lowest BCUT2D eigenvalue weighted by Crippen LogP contribution is -2.48. The molecule has 2 aromatic carbocycles. The molecule has 0 aliphatic carbocycles. The van der Waals surface area contributed by atoms with Crippen LogP contribution in [0.3, 0.4) is 0 Å². The molecule has 0 bridgehead atoms. The molecule has 1 aliphatic rings. The summed E-state index contributed by atoms with van der Waals surface area (Å²) in [4.78, 5) is 12.7. The monoisotopic (exact) mass is 388 g/mol. The number of anilines is 2. The molecule has 6 nitrogen and oxygen atoms in total. The molecule has 1 unspecified atom stereocenters. The summed E-state index contributed by atoms with van der Waals surface area (Å²) in [6, 6.07) is 12.9. The van der Waals surface area contributed by atoms with Crippen LogP contribution < -0.4 is 14.4 Å². The van der Waals surface area contributed by atoms with Crippen LogP contribution in [0.2, 0.25) is 0 Å². The van der Waals surface area contributed by atoms with Crippen LogP contribution in [0, 0.1) is 6.92 Å². The molecular weight excluding hydrogens is 364 g/mol. The van der Waals surface area contributed by atoms with Crippen LogP contribution in [0.5, 0.6) is 5.75 Å². The van der Waals surface area contributed by atoms with E-state index in [1.165, 1.54) is 9.87 Å². The van der Waals surface area contributed by atoms with Crippen molar-refractivity contribution in [2.75, 3.05) is 22.4 Å². The van der Waals surface area contributed by atoms with Gasteiger partial charge >= 0.3 is 0 Å². The maximum atomic E-state index is 12.7. The molecule has 0 radical (unpaired) electrons. The molecule has 0 saturated heterocycles. The third kappa shape index (κ3) is 4.24. The van der Waals surface area contributed by atoms with E-state index in [0.29, 0.717) is 23.0 Å². The number of ether oxygens (including phenoxy) is 1. The zero-order chi connectivity index (χ0) is 19.8. The van der Waals surface area contributed by atoms with Crippen LogP contribution in [0.25, 0.3) is 0 Å². The SMILES string of the molecule is Cc1ccc2c(c1)N(S(C)(=O)=O)CC(C(=O)Nc1ccc(C(C)C)cc1)O2. The van der Waals surface area contributed by atoms with Crippen molar-refractivity contribution in [3.63, 3.8) is 0 Å². The number of rotatable bonds is 4. The number of benzene rings is 2. The fraction of sp³-hybridized carbons (Fsp3) is 0.350. The van der Waals surface area contributed by atoms with Gasteiger partial charge in [0.2, 0.25) is 10.0 Å². The van der Waals surface area contributed by atoms with Gasteiger partial charge in [-0.3, -0.25) is 9.10 Å². The van der Waals surface area contributed by atoms with Crippen molar-refractivity contribution >= 4 is 27.3 Å². The molecule has 1 aliphatic heterocycles. The topological polar surface area (TPSA) is 75.7 Å². The molecule has 3 rings (SSSR count). The summed E-state index contributed by atoms with van der Waals surface area (Å²) in [5.41, 5.74) is 3.20. The molecule has 2 aromatic rings. The number of amides is 1. The van der Waals surface area contributed by atoms with Gasteiger partial charge in [-0.25, -0.2) is 8.42 Å². The maximum Gasteiger partial charge on any atom is 0.267 e. The molecule has 1 amide bonds. The van der Waals surface area contributed by atoms with Gasteiger partial charge in [-0.05, 0) is 48.2 Å². The zero-order valence-corrected chi connectivity index (χ0v) is 16.7. The van der Waals surface area contributed by atoms with Crippen molar-refractivity contribution in [3.8, 4) is 5.75 Å². The van der Waals surface area contributed by atoms with Gasteiger partial charge in [0, 0.05) is 5.69 Å². The second kappa shape index (κ2) is 7.23. The predicted molar refractivity (Wildman–Crippen MR) is 107 cm³/mol. The van der Waals surface area contributed by atoms with Crippen LogP contribution in [-0.4, -0.2) is 33.2 Å². The molecule has 0 spiro atoms. The lowest BCUT2D eigenvalue weighted by atomic mass is 10.0. The molecule has 27 heavy (non-hydrogen) atoms. The van der Waals surface area contributed by atoms with Gasteiger partial charge in [0.05, 0.1) is 18.5 Å². The third-order valence-corrected chi connectivity index (χ3v) is 5.67. The quantitative estimate of drug-likeness (QED) is 0.872. The summed E-state index contributed by atoms with van der Waals surface area (Å²) in [5.74, 6) is 0.402. The molecule has 0 fully saturated rings. The Kier molecular flexibility index (Phi) is 5.15. The van der Waals surface area contributed by atoms with E-state index in [1.54, 1.807) is 12.1 Å². The molecule has 7 heteroatoms. The second-order valence-corrected chi connectivity index (χ2v) is 9.04. The smallest absolute Gasteiger partial charge is 0.267 e. The summed E-state index contributed by atoms with van der Waals surface area (Å²) in [5, 5.41) is 2.81. The minimum absolute atomic E-state index is 0.0643. The van der Waals surface area contributed by atoms with Crippen molar-refractivity contribution < 1.29 is 17.9 Å². The summed E-state index contributed by atoms with van der Waals surface area (Å²) in [7, 11) is -3.54. The van der Waals surface area contributed by atoms with Crippen molar-refractivity contribution in [2.45, 2.75) is 32.8 Å².